The van der Waals surface area contributed by atoms with Gasteiger partial charge in [0.1, 0.15) is 0 Å². The highest BCUT2D eigenvalue weighted by Gasteiger charge is 2.28. The third-order valence-electron chi connectivity index (χ3n) is 6.44. The van der Waals surface area contributed by atoms with Crippen LogP contribution in [0, 0.1) is 5.92 Å². The van der Waals surface area contributed by atoms with Gasteiger partial charge in [-0.2, -0.15) is 0 Å². The number of ketones is 1. The molecule has 8 nitrogen and oxygen atoms in total. The standard InChI is InChI=1S/C25H28N4O4/c1-27(20-6-3-18(4-7-20)25(32)33)12-11-23(30)29-13-9-17(10-14-29)24(31)19-5-8-22-21(15-19)26-16-28(22)2/h3-8,15-17H,9-14H2,1-2H3,(H,32,33). The predicted octanol–water partition coefficient (Wildman–Crippen LogP) is 3.22. The first-order valence-corrected chi connectivity index (χ1v) is 11.1. The minimum Gasteiger partial charge on any atom is -0.478 e. The number of likely N-dealkylation sites (tertiary alicyclic amines) is 1. The maximum absolute atomic E-state index is 13.0. The Morgan fingerprint density at radius 2 is 1.73 bits per heavy atom. The third kappa shape index (κ3) is 4.89. The summed E-state index contributed by atoms with van der Waals surface area (Å²) in [4.78, 5) is 44.8. The normalized spacial score (nSPS) is 14.4. The van der Waals surface area contributed by atoms with Gasteiger partial charge in [0.05, 0.1) is 22.9 Å². The predicted molar refractivity (Wildman–Crippen MR) is 126 cm³/mol. The number of piperidine rings is 1. The molecule has 4 rings (SSSR count). The molecule has 3 aromatic rings. The van der Waals surface area contributed by atoms with Gasteiger partial charge in [-0.05, 0) is 55.3 Å². The van der Waals surface area contributed by atoms with E-state index in [-0.39, 0.29) is 23.2 Å². The monoisotopic (exact) mass is 448 g/mol. The highest BCUT2D eigenvalue weighted by molar-refractivity contribution is 6.00. The van der Waals surface area contributed by atoms with E-state index in [1.807, 2.05) is 46.7 Å². The van der Waals surface area contributed by atoms with E-state index in [4.69, 9.17) is 5.11 Å². The number of carboxylic acids is 1. The number of aromatic nitrogens is 2. The van der Waals surface area contributed by atoms with Gasteiger partial charge in [-0.25, -0.2) is 9.78 Å². The number of carboxylic acid groups (broad SMARTS) is 1. The topological polar surface area (TPSA) is 95.7 Å². The zero-order valence-corrected chi connectivity index (χ0v) is 18.9. The summed E-state index contributed by atoms with van der Waals surface area (Å²) in [6, 6.07) is 12.3. The summed E-state index contributed by atoms with van der Waals surface area (Å²) in [5.74, 6) is -0.840. The molecular formula is C25H28N4O4. The van der Waals surface area contributed by atoms with Crippen LogP contribution in [0.4, 0.5) is 5.69 Å². The fourth-order valence-corrected chi connectivity index (χ4v) is 4.33. The highest BCUT2D eigenvalue weighted by Crippen LogP contribution is 2.24. The van der Waals surface area contributed by atoms with Crippen LogP contribution >= 0.6 is 0 Å². The maximum atomic E-state index is 13.0. The number of rotatable bonds is 7. The molecule has 1 saturated heterocycles. The van der Waals surface area contributed by atoms with Crippen LogP contribution in [-0.4, -0.2) is 63.9 Å². The number of hydrogen-bond acceptors (Lipinski definition) is 5. The lowest BCUT2D eigenvalue weighted by Crippen LogP contribution is -2.41. The van der Waals surface area contributed by atoms with Crippen LogP contribution in [0.1, 0.15) is 40.0 Å². The number of carbonyl (C=O) groups excluding carboxylic acids is 2. The number of aryl methyl sites for hydroxylation is 1. The van der Waals surface area contributed by atoms with Crippen LogP contribution in [0.3, 0.4) is 0 Å². The first-order chi connectivity index (χ1) is 15.8. The summed E-state index contributed by atoms with van der Waals surface area (Å²) >= 11 is 0. The Bertz CT molecular complexity index is 1180. The molecule has 0 atom stereocenters. The summed E-state index contributed by atoms with van der Waals surface area (Å²) in [6.45, 7) is 1.70. The van der Waals surface area contributed by atoms with E-state index in [2.05, 4.69) is 4.98 Å². The average molecular weight is 449 g/mol. The molecule has 8 heteroatoms. The quantitative estimate of drug-likeness (QED) is 0.558. The lowest BCUT2D eigenvalue weighted by atomic mass is 9.88. The number of Topliss-reactive ketones (excluding diaryl/α,β-unsaturated/α-hetero) is 1. The van der Waals surface area contributed by atoms with E-state index < -0.39 is 5.97 Å². The summed E-state index contributed by atoms with van der Waals surface area (Å²) in [6.07, 6.45) is 3.44. The van der Waals surface area contributed by atoms with Crippen molar-refractivity contribution in [3.63, 3.8) is 0 Å². The Balaban J connectivity index is 1.27. The molecule has 1 fully saturated rings. The van der Waals surface area contributed by atoms with E-state index >= 15 is 0 Å². The van der Waals surface area contributed by atoms with Crippen molar-refractivity contribution < 1.29 is 19.5 Å². The summed E-state index contributed by atoms with van der Waals surface area (Å²) in [5.41, 5.74) is 3.59. The number of benzene rings is 2. The molecule has 0 unspecified atom stereocenters. The van der Waals surface area contributed by atoms with Crippen molar-refractivity contribution in [1.82, 2.24) is 14.5 Å². The molecule has 1 amide bonds. The molecule has 1 aliphatic heterocycles. The first-order valence-electron chi connectivity index (χ1n) is 11.1. The molecule has 1 aromatic heterocycles. The van der Waals surface area contributed by atoms with Crippen LogP contribution in [-0.2, 0) is 11.8 Å². The number of hydrogen-bond donors (Lipinski definition) is 1. The number of imidazole rings is 1. The van der Waals surface area contributed by atoms with Gasteiger partial charge < -0.3 is 19.5 Å². The van der Waals surface area contributed by atoms with E-state index in [1.54, 1.807) is 30.6 Å². The van der Waals surface area contributed by atoms with Gasteiger partial charge in [-0.15, -0.1) is 0 Å². The second-order valence-corrected chi connectivity index (χ2v) is 8.60. The number of amides is 1. The van der Waals surface area contributed by atoms with Crippen molar-refractivity contribution in [2.75, 3.05) is 31.6 Å². The second-order valence-electron chi connectivity index (χ2n) is 8.60. The Morgan fingerprint density at radius 3 is 2.39 bits per heavy atom. The molecule has 0 spiro atoms. The first kappa shape index (κ1) is 22.5. The molecule has 1 aliphatic rings. The minimum absolute atomic E-state index is 0.0739. The van der Waals surface area contributed by atoms with Crippen molar-refractivity contribution in [3.05, 3.63) is 59.9 Å². The molecule has 1 N–H and O–H groups in total. The molecule has 0 aliphatic carbocycles. The van der Waals surface area contributed by atoms with E-state index in [9.17, 15) is 14.4 Å². The third-order valence-corrected chi connectivity index (χ3v) is 6.44. The second kappa shape index (κ2) is 9.44. The average Bonchev–Trinajstić information content (AvgIpc) is 3.22. The van der Waals surface area contributed by atoms with Crippen molar-refractivity contribution >= 4 is 34.4 Å². The number of aromatic carboxylic acids is 1. The summed E-state index contributed by atoms with van der Waals surface area (Å²) in [5, 5.41) is 9.01. The number of anilines is 1. The molecule has 0 radical (unpaired) electrons. The molecule has 2 aromatic carbocycles. The van der Waals surface area contributed by atoms with Crippen molar-refractivity contribution in [2.24, 2.45) is 13.0 Å². The zero-order chi connectivity index (χ0) is 23.5. The summed E-state index contributed by atoms with van der Waals surface area (Å²) in [7, 11) is 3.81. The van der Waals surface area contributed by atoms with Gasteiger partial charge in [0.2, 0.25) is 5.91 Å². The van der Waals surface area contributed by atoms with Gasteiger partial charge in [-0.1, -0.05) is 0 Å². The van der Waals surface area contributed by atoms with E-state index in [0.717, 1.165) is 16.7 Å². The Morgan fingerprint density at radius 1 is 1.06 bits per heavy atom. The lowest BCUT2D eigenvalue weighted by molar-refractivity contribution is -0.132. The summed E-state index contributed by atoms with van der Waals surface area (Å²) < 4.78 is 1.93. The lowest BCUT2D eigenvalue weighted by Gasteiger charge is -2.32. The van der Waals surface area contributed by atoms with Gasteiger partial charge >= 0.3 is 5.97 Å². The smallest absolute Gasteiger partial charge is 0.335 e. The Labute approximate surface area is 192 Å². The molecule has 172 valence electrons. The number of fused-ring (bicyclic) bond motifs is 1. The van der Waals surface area contributed by atoms with E-state index in [1.165, 1.54) is 0 Å². The van der Waals surface area contributed by atoms with Crippen molar-refractivity contribution in [2.45, 2.75) is 19.3 Å². The maximum Gasteiger partial charge on any atom is 0.335 e. The molecule has 0 bridgehead atoms. The van der Waals surface area contributed by atoms with E-state index in [0.29, 0.717) is 44.5 Å². The van der Waals surface area contributed by atoms with Gasteiger partial charge in [0.25, 0.3) is 0 Å². The zero-order valence-electron chi connectivity index (χ0n) is 18.9. The number of nitrogens with zero attached hydrogens (tertiary/aromatic N) is 4. The van der Waals surface area contributed by atoms with Crippen LogP contribution < -0.4 is 4.90 Å². The molecule has 2 heterocycles. The minimum atomic E-state index is -0.960. The molecular weight excluding hydrogens is 420 g/mol. The molecule has 33 heavy (non-hydrogen) atoms. The van der Waals surface area contributed by atoms with Gasteiger partial charge in [0, 0.05) is 57.3 Å². The van der Waals surface area contributed by atoms with Crippen LogP contribution in [0.5, 0.6) is 0 Å². The molecule has 0 saturated carbocycles. The van der Waals surface area contributed by atoms with Gasteiger partial charge in [0.15, 0.2) is 5.78 Å². The van der Waals surface area contributed by atoms with Crippen LogP contribution in [0.25, 0.3) is 11.0 Å². The largest absolute Gasteiger partial charge is 0.478 e. The van der Waals surface area contributed by atoms with Gasteiger partial charge in [-0.3, -0.25) is 9.59 Å². The SMILES string of the molecule is CN(CCC(=O)N1CCC(C(=O)c2ccc3c(c2)ncn3C)CC1)c1ccc(C(=O)O)cc1. The number of carbonyl (C=O) groups is 3. The van der Waals surface area contributed by atoms with Crippen molar-refractivity contribution in [1.29, 1.82) is 0 Å². The van der Waals surface area contributed by atoms with Crippen molar-refractivity contribution in [3.8, 4) is 0 Å². The Hall–Kier alpha value is -3.68. The highest BCUT2D eigenvalue weighted by atomic mass is 16.4. The van der Waals surface area contributed by atoms with Crippen LogP contribution in [0.2, 0.25) is 0 Å². The fraction of sp³-hybridized carbons (Fsp3) is 0.360. The van der Waals surface area contributed by atoms with Crippen LogP contribution in [0.15, 0.2) is 48.8 Å². The Kier molecular flexibility index (Phi) is 6.44. The fourth-order valence-electron chi connectivity index (χ4n) is 4.33.